The summed E-state index contributed by atoms with van der Waals surface area (Å²) in [6, 6.07) is 8.01. The summed E-state index contributed by atoms with van der Waals surface area (Å²) in [5, 5.41) is 4.15. The van der Waals surface area contributed by atoms with Crippen LogP contribution in [0, 0.1) is 0 Å². The van der Waals surface area contributed by atoms with Crippen molar-refractivity contribution in [3.8, 4) is 0 Å². The van der Waals surface area contributed by atoms with Gasteiger partial charge in [0.25, 0.3) is 0 Å². The van der Waals surface area contributed by atoms with Crippen LogP contribution in [0.4, 0.5) is 0 Å². The van der Waals surface area contributed by atoms with Gasteiger partial charge in [-0.15, -0.1) is 11.3 Å². The molecule has 1 aromatic heterocycles. The normalized spacial score (nSPS) is 13.8. The number of para-hydroxylation sites is 1. The molecule has 0 aliphatic rings. The highest BCUT2D eigenvalue weighted by Gasteiger charge is 2.12. The minimum Gasteiger partial charge on any atom is -0.307 e. The Labute approximate surface area is 117 Å². The van der Waals surface area contributed by atoms with E-state index in [2.05, 4.69) is 15.0 Å². The highest BCUT2D eigenvalue weighted by molar-refractivity contribution is 7.89. The second-order valence-corrected chi connectivity index (χ2v) is 7.33. The van der Waals surface area contributed by atoms with Gasteiger partial charge in [-0.05, 0) is 26.1 Å². The van der Waals surface area contributed by atoms with E-state index in [0.29, 0.717) is 6.54 Å². The van der Waals surface area contributed by atoms with E-state index in [1.165, 1.54) is 7.05 Å². The molecule has 0 aliphatic heterocycles. The molecule has 0 aliphatic carbocycles. The zero-order valence-corrected chi connectivity index (χ0v) is 12.5. The number of aromatic nitrogens is 1. The van der Waals surface area contributed by atoms with Crippen molar-refractivity contribution >= 4 is 31.6 Å². The van der Waals surface area contributed by atoms with Crippen LogP contribution in [-0.4, -0.2) is 32.7 Å². The van der Waals surface area contributed by atoms with E-state index in [4.69, 9.17) is 0 Å². The van der Waals surface area contributed by atoms with Crippen LogP contribution in [0.2, 0.25) is 0 Å². The van der Waals surface area contributed by atoms with Crippen LogP contribution in [0.5, 0.6) is 0 Å². The SMILES string of the molecule is CNS(=O)(=O)CCNC(C)c1nc2ccccc2s1. The highest BCUT2D eigenvalue weighted by atomic mass is 32.2. The van der Waals surface area contributed by atoms with Crippen LogP contribution in [0.3, 0.4) is 0 Å². The maximum atomic E-state index is 11.3. The quantitative estimate of drug-likeness (QED) is 0.848. The summed E-state index contributed by atoms with van der Waals surface area (Å²) in [5.74, 6) is 0.0682. The first kappa shape index (κ1) is 14.4. The summed E-state index contributed by atoms with van der Waals surface area (Å²) in [4.78, 5) is 4.54. The van der Waals surface area contributed by atoms with Crippen LogP contribution in [0.25, 0.3) is 10.2 Å². The van der Waals surface area contributed by atoms with Gasteiger partial charge in [-0.2, -0.15) is 0 Å². The molecule has 2 aromatic rings. The maximum Gasteiger partial charge on any atom is 0.212 e. The number of nitrogens with one attached hydrogen (secondary N) is 2. The Hall–Kier alpha value is -1.02. The van der Waals surface area contributed by atoms with Crippen LogP contribution < -0.4 is 10.0 Å². The van der Waals surface area contributed by atoms with Gasteiger partial charge in [-0.25, -0.2) is 18.1 Å². The Morgan fingerprint density at radius 3 is 2.79 bits per heavy atom. The number of hydrogen-bond donors (Lipinski definition) is 2. The molecule has 104 valence electrons. The third-order valence-corrected chi connectivity index (χ3v) is 5.40. The van der Waals surface area contributed by atoms with Crippen LogP contribution in [0.1, 0.15) is 18.0 Å². The molecule has 1 heterocycles. The monoisotopic (exact) mass is 299 g/mol. The van der Waals surface area contributed by atoms with Crippen molar-refractivity contribution < 1.29 is 8.42 Å². The standard InChI is InChI=1S/C12H17N3O2S2/c1-9(14-7-8-19(16,17)13-2)12-15-10-5-3-4-6-11(10)18-12/h3-6,9,13-14H,7-8H2,1-2H3. The second-order valence-electron chi connectivity index (χ2n) is 4.22. The lowest BCUT2D eigenvalue weighted by Gasteiger charge is -2.10. The lowest BCUT2D eigenvalue weighted by molar-refractivity contribution is 0.566. The number of benzene rings is 1. The number of rotatable bonds is 6. The van der Waals surface area contributed by atoms with Crippen molar-refractivity contribution in [2.75, 3.05) is 19.3 Å². The Bertz CT molecular complexity index is 619. The van der Waals surface area contributed by atoms with E-state index in [9.17, 15) is 8.42 Å². The molecule has 1 atom stereocenters. The number of hydrogen-bond acceptors (Lipinski definition) is 5. The summed E-state index contributed by atoms with van der Waals surface area (Å²) in [7, 11) is -1.73. The molecule has 1 aromatic carbocycles. The van der Waals surface area contributed by atoms with Gasteiger partial charge < -0.3 is 5.32 Å². The first-order chi connectivity index (χ1) is 9.02. The molecule has 0 radical (unpaired) electrons. The lowest BCUT2D eigenvalue weighted by atomic mass is 10.3. The summed E-state index contributed by atoms with van der Waals surface area (Å²) < 4.78 is 26.0. The average Bonchev–Trinajstić information content (AvgIpc) is 2.82. The van der Waals surface area contributed by atoms with E-state index >= 15 is 0 Å². The summed E-state index contributed by atoms with van der Waals surface area (Å²) in [6.07, 6.45) is 0. The molecule has 0 saturated heterocycles. The molecular weight excluding hydrogens is 282 g/mol. The van der Waals surface area contributed by atoms with Gasteiger partial charge in [-0.3, -0.25) is 0 Å². The molecule has 19 heavy (non-hydrogen) atoms. The Kier molecular flexibility index (Phi) is 4.51. The third kappa shape index (κ3) is 3.73. The molecule has 5 nitrogen and oxygen atoms in total. The number of fused-ring (bicyclic) bond motifs is 1. The predicted molar refractivity (Wildman–Crippen MR) is 78.9 cm³/mol. The molecule has 7 heteroatoms. The molecule has 0 fully saturated rings. The molecule has 2 rings (SSSR count). The van der Waals surface area contributed by atoms with Gasteiger partial charge in [-0.1, -0.05) is 12.1 Å². The summed E-state index contributed by atoms with van der Waals surface area (Å²) in [6.45, 7) is 2.39. The largest absolute Gasteiger partial charge is 0.307 e. The molecule has 0 spiro atoms. The van der Waals surface area contributed by atoms with Crippen molar-refractivity contribution in [3.63, 3.8) is 0 Å². The highest BCUT2D eigenvalue weighted by Crippen LogP contribution is 2.25. The topological polar surface area (TPSA) is 71.1 Å². The minimum atomic E-state index is -3.15. The van der Waals surface area contributed by atoms with E-state index in [1.54, 1.807) is 11.3 Å². The second kappa shape index (κ2) is 5.96. The van der Waals surface area contributed by atoms with Crippen molar-refractivity contribution in [1.82, 2.24) is 15.0 Å². The van der Waals surface area contributed by atoms with E-state index in [-0.39, 0.29) is 11.8 Å². The van der Waals surface area contributed by atoms with Crippen molar-refractivity contribution in [2.45, 2.75) is 13.0 Å². The molecule has 0 bridgehead atoms. The van der Waals surface area contributed by atoms with Gasteiger partial charge in [0.2, 0.25) is 10.0 Å². The molecule has 2 N–H and O–H groups in total. The summed E-state index contributed by atoms with van der Waals surface area (Å²) in [5.41, 5.74) is 0.985. The van der Waals surface area contributed by atoms with E-state index < -0.39 is 10.0 Å². The van der Waals surface area contributed by atoms with Crippen LogP contribution >= 0.6 is 11.3 Å². The van der Waals surface area contributed by atoms with Crippen LogP contribution in [0.15, 0.2) is 24.3 Å². The van der Waals surface area contributed by atoms with Gasteiger partial charge in [0.05, 0.1) is 22.0 Å². The fourth-order valence-corrected chi connectivity index (χ4v) is 3.26. The number of thiazole rings is 1. The average molecular weight is 299 g/mol. The molecule has 1 unspecified atom stereocenters. The van der Waals surface area contributed by atoms with Crippen molar-refractivity contribution in [3.05, 3.63) is 29.3 Å². The number of nitrogens with zero attached hydrogens (tertiary/aromatic N) is 1. The first-order valence-electron chi connectivity index (χ1n) is 6.02. The molecule has 0 saturated carbocycles. The minimum absolute atomic E-state index is 0.0458. The third-order valence-electron chi connectivity index (χ3n) is 2.81. The Morgan fingerprint density at radius 2 is 2.11 bits per heavy atom. The smallest absolute Gasteiger partial charge is 0.212 e. The van der Waals surface area contributed by atoms with E-state index in [1.807, 2.05) is 31.2 Å². The van der Waals surface area contributed by atoms with Crippen molar-refractivity contribution in [2.24, 2.45) is 0 Å². The summed E-state index contributed by atoms with van der Waals surface area (Å²) >= 11 is 1.63. The Morgan fingerprint density at radius 1 is 1.37 bits per heavy atom. The maximum absolute atomic E-state index is 11.3. The van der Waals surface area contributed by atoms with Gasteiger partial charge >= 0.3 is 0 Å². The number of sulfonamides is 1. The molecular formula is C12H17N3O2S2. The van der Waals surface area contributed by atoms with E-state index in [0.717, 1.165) is 15.2 Å². The predicted octanol–water partition coefficient (Wildman–Crippen LogP) is 1.50. The fourth-order valence-electron chi connectivity index (χ4n) is 1.67. The first-order valence-corrected chi connectivity index (χ1v) is 8.49. The van der Waals surface area contributed by atoms with Gasteiger partial charge in [0, 0.05) is 6.54 Å². The lowest BCUT2D eigenvalue weighted by Crippen LogP contribution is -2.30. The van der Waals surface area contributed by atoms with Gasteiger partial charge in [0.1, 0.15) is 5.01 Å². The van der Waals surface area contributed by atoms with Crippen LogP contribution in [-0.2, 0) is 10.0 Å². The zero-order valence-electron chi connectivity index (χ0n) is 10.9. The zero-order chi connectivity index (χ0) is 13.9. The van der Waals surface area contributed by atoms with Crippen molar-refractivity contribution in [1.29, 1.82) is 0 Å². The van der Waals surface area contributed by atoms with Gasteiger partial charge in [0.15, 0.2) is 0 Å². The fraction of sp³-hybridized carbons (Fsp3) is 0.417. The molecule has 0 amide bonds. The Balaban J connectivity index is 1.98.